The van der Waals surface area contributed by atoms with Crippen molar-refractivity contribution in [2.24, 2.45) is 0 Å². The summed E-state index contributed by atoms with van der Waals surface area (Å²) in [6, 6.07) is 7.09. The second kappa shape index (κ2) is 6.87. The van der Waals surface area contributed by atoms with Crippen molar-refractivity contribution < 1.29 is 4.74 Å². The van der Waals surface area contributed by atoms with Gasteiger partial charge in [0, 0.05) is 38.5 Å². The Morgan fingerprint density at radius 3 is 2.63 bits per heavy atom. The quantitative estimate of drug-likeness (QED) is 0.882. The Bertz CT molecular complexity index is 363. The minimum absolute atomic E-state index is 0.258. The summed E-state index contributed by atoms with van der Waals surface area (Å²) in [4.78, 5) is 6.78. The summed E-state index contributed by atoms with van der Waals surface area (Å²) in [7, 11) is 1.77. The zero-order chi connectivity index (χ0) is 13.7. The summed E-state index contributed by atoms with van der Waals surface area (Å²) >= 11 is 0. The largest absolute Gasteiger partial charge is 0.380 e. The Kier molecular flexibility index (Phi) is 5.16. The molecule has 1 fully saturated rings. The zero-order valence-corrected chi connectivity index (χ0v) is 12.2. The lowest BCUT2D eigenvalue weighted by molar-refractivity contribution is 0.0829. The number of ether oxygens (including phenoxy) is 1. The fourth-order valence-corrected chi connectivity index (χ4v) is 2.53. The highest BCUT2D eigenvalue weighted by molar-refractivity contribution is 5.38. The molecule has 0 aromatic carbocycles. The van der Waals surface area contributed by atoms with Gasteiger partial charge >= 0.3 is 0 Å². The van der Waals surface area contributed by atoms with Gasteiger partial charge in [-0.2, -0.15) is 0 Å². The molecule has 4 heteroatoms. The van der Waals surface area contributed by atoms with Crippen LogP contribution >= 0.6 is 0 Å². The van der Waals surface area contributed by atoms with Crippen LogP contribution in [0.1, 0.15) is 26.7 Å². The van der Waals surface area contributed by atoms with Gasteiger partial charge in [-0.15, -0.1) is 0 Å². The number of pyridine rings is 1. The SMILES string of the molecule is COC(C)C(C)NC1CCN(c2ccccn2)CC1. The summed E-state index contributed by atoms with van der Waals surface area (Å²) in [6.45, 7) is 6.45. The molecule has 19 heavy (non-hydrogen) atoms. The van der Waals surface area contributed by atoms with Gasteiger partial charge in [0.2, 0.25) is 0 Å². The van der Waals surface area contributed by atoms with Gasteiger partial charge in [0.25, 0.3) is 0 Å². The average molecular weight is 263 g/mol. The van der Waals surface area contributed by atoms with Gasteiger partial charge in [0.15, 0.2) is 0 Å². The predicted molar refractivity (Wildman–Crippen MR) is 78.5 cm³/mol. The highest BCUT2D eigenvalue weighted by Crippen LogP contribution is 2.17. The number of piperidine rings is 1. The average Bonchev–Trinajstić information content (AvgIpc) is 2.48. The smallest absolute Gasteiger partial charge is 0.128 e. The Hall–Kier alpha value is -1.13. The highest BCUT2D eigenvalue weighted by atomic mass is 16.5. The molecule has 0 amide bonds. The van der Waals surface area contributed by atoms with Gasteiger partial charge in [-0.25, -0.2) is 4.98 Å². The van der Waals surface area contributed by atoms with Gasteiger partial charge in [0.05, 0.1) is 6.10 Å². The predicted octanol–water partition coefficient (Wildman–Crippen LogP) is 2.06. The first-order chi connectivity index (χ1) is 9.20. The van der Waals surface area contributed by atoms with Gasteiger partial charge in [-0.05, 0) is 38.8 Å². The third-order valence-electron chi connectivity index (χ3n) is 4.04. The fourth-order valence-electron chi connectivity index (χ4n) is 2.53. The second-order valence-corrected chi connectivity index (χ2v) is 5.35. The van der Waals surface area contributed by atoms with E-state index in [1.807, 2.05) is 12.3 Å². The van der Waals surface area contributed by atoms with Crippen LogP contribution in [0.25, 0.3) is 0 Å². The molecule has 1 aromatic rings. The van der Waals surface area contributed by atoms with Crippen LogP contribution in [-0.2, 0) is 4.74 Å². The number of nitrogens with one attached hydrogen (secondary N) is 1. The van der Waals surface area contributed by atoms with Gasteiger partial charge < -0.3 is 15.0 Å². The molecule has 2 unspecified atom stereocenters. The maximum Gasteiger partial charge on any atom is 0.128 e. The van der Waals surface area contributed by atoms with E-state index in [-0.39, 0.29) is 6.10 Å². The van der Waals surface area contributed by atoms with E-state index in [1.54, 1.807) is 7.11 Å². The van der Waals surface area contributed by atoms with E-state index in [1.165, 1.54) is 0 Å². The Labute approximate surface area is 116 Å². The molecule has 106 valence electrons. The van der Waals surface area contributed by atoms with E-state index >= 15 is 0 Å². The van der Waals surface area contributed by atoms with Gasteiger partial charge in [-0.1, -0.05) is 6.07 Å². The van der Waals surface area contributed by atoms with Crippen molar-refractivity contribution in [1.82, 2.24) is 10.3 Å². The molecule has 0 saturated carbocycles. The summed E-state index contributed by atoms with van der Waals surface area (Å²) in [5, 5.41) is 3.67. The van der Waals surface area contributed by atoms with E-state index in [9.17, 15) is 0 Å². The van der Waals surface area contributed by atoms with Crippen molar-refractivity contribution in [1.29, 1.82) is 0 Å². The number of hydrogen-bond acceptors (Lipinski definition) is 4. The lowest BCUT2D eigenvalue weighted by Gasteiger charge is -2.35. The normalized spacial score (nSPS) is 20.3. The molecule has 0 radical (unpaired) electrons. The summed E-state index contributed by atoms with van der Waals surface area (Å²) in [5.74, 6) is 1.10. The third-order valence-corrected chi connectivity index (χ3v) is 4.04. The minimum atomic E-state index is 0.258. The molecule has 0 aliphatic carbocycles. The number of rotatable bonds is 5. The Morgan fingerprint density at radius 1 is 1.32 bits per heavy atom. The van der Waals surface area contributed by atoms with Crippen molar-refractivity contribution in [2.75, 3.05) is 25.1 Å². The van der Waals surface area contributed by atoms with Crippen molar-refractivity contribution in [3.63, 3.8) is 0 Å². The maximum atomic E-state index is 5.36. The summed E-state index contributed by atoms with van der Waals surface area (Å²) in [5.41, 5.74) is 0. The van der Waals surface area contributed by atoms with Crippen LogP contribution in [0, 0.1) is 0 Å². The topological polar surface area (TPSA) is 37.4 Å². The molecule has 1 saturated heterocycles. The van der Waals surface area contributed by atoms with E-state index < -0.39 is 0 Å². The monoisotopic (exact) mass is 263 g/mol. The van der Waals surface area contributed by atoms with Gasteiger partial charge in [0.1, 0.15) is 5.82 Å². The van der Waals surface area contributed by atoms with Crippen molar-refractivity contribution >= 4 is 5.82 Å². The molecule has 2 rings (SSSR count). The number of methoxy groups -OCH3 is 1. The number of anilines is 1. The molecular weight excluding hydrogens is 238 g/mol. The molecule has 1 N–H and O–H groups in total. The Balaban J connectivity index is 1.80. The first kappa shape index (κ1) is 14.3. The van der Waals surface area contributed by atoms with Crippen molar-refractivity contribution in [3.8, 4) is 0 Å². The van der Waals surface area contributed by atoms with Crippen molar-refractivity contribution in [2.45, 2.75) is 44.9 Å². The van der Waals surface area contributed by atoms with Crippen LogP contribution in [0.15, 0.2) is 24.4 Å². The third kappa shape index (κ3) is 3.91. The first-order valence-corrected chi connectivity index (χ1v) is 7.15. The van der Waals surface area contributed by atoms with Crippen LogP contribution in [0.2, 0.25) is 0 Å². The zero-order valence-electron chi connectivity index (χ0n) is 12.2. The lowest BCUT2D eigenvalue weighted by atomic mass is 10.0. The first-order valence-electron chi connectivity index (χ1n) is 7.15. The van der Waals surface area contributed by atoms with Gasteiger partial charge in [-0.3, -0.25) is 0 Å². The molecule has 2 heterocycles. The van der Waals surface area contributed by atoms with E-state index in [0.717, 1.165) is 31.7 Å². The van der Waals surface area contributed by atoms with Crippen LogP contribution in [0.3, 0.4) is 0 Å². The highest BCUT2D eigenvalue weighted by Gasteiger charge is 2.22. The molecule has 1 aromatic heterocycles. The van der Waals surface area contributed by atoms with E-state index in [4.69, 9.17) is 4.74 Å². The molecular formula is C15H25N3O. The molecule has 4 nitrogen and oxygen atoms in total. The maximum absolute atomic E-state index is 5.36. The summed E-state index contributed by atoms with van der Waals surface area (Å²) < 4.78 is 5.36. The lowest BCUT2D eigenvalue weighted by Crippen LogP contribution is -2.48. The fraction of sp³-hybridized carbons (Fsp3) is 0.667. The number of nitrogens with zero attached hydrogens (tertiary/aromatic N) is 2. The Morgan fingerprint density at radius 2 is 2.05 bits per heavy atom. The minimum Gasteiger partial charge on any atom is -0.380 e. The molecule has 0 bridgehead atoms. The molecule has 0 spiro atoms. The number of hydrogen-bond donors (Lipinski definition) is 1. The molecule has 1 aliphatic heterocycles. The van der Waals surface area contributed by atoms with E-state index in [0.29, 0.717) is 12.1 Å². The van der Waals surface area contributed by atoms with Crippen LogP contribution < -0.4 is 10.2 Å². The summed E-state index contributed by atoms with van der Waals surface area (Å²) in [6.07, 6.45) is 4.45. The van der Waals surface area contributed by atoms with Crippen LogP contribution in [-0.4, -0.2) is 43.4 Å². The molecule has 2 atom stereocenters. The number of aromatic nitrogens is 1. The van der Waals surface area contributed by atoms with Crippen molar-refractivity contribution in [3.05, 3.63) is 24.4 Å². The second-order valence-electron chi connectivity index (χ2n) is 5.35. The van der Waals surface area contributed by atoms with Crippen LogP contribution in [0.5, 0.6) is 0 Å². The standard InChI is InChI=1S/C15H25N3O/c1-12(13(2)19-3)17-14-7-10-18(11-8-14)15-6-4-5-9-16-15/h4-6,9,12-14,17H,7-8,10-11H2,1-3H3. The molecule has 1 aliphatic rings. The van der Waals surface area contributed by atoms with Crippen LogP contribution in [0.4, 0.5) is 5.82 Å². The van der Waals surface area contributed by atoms with E-state index in [2.05, 4.69) is 41.2 Å².